The van der Waals surface area contributed by atoms with Gasteiger partial charge >= 0.3 is 0 Å². The Morgan fingerprint density at radius 3 is 2.54 bits per heavy atom. The minimum atomic E-state index is 0.446. The molecule has 3 atom stereocenters. The van der Waals surface area contributed by atoms with Gasteiger partial charge in [0.2, 0.25) is 0 Å². The van der Waals surface area contributed by atoms with E-state index in [0.29, 0.717) is 16.9 Å². The third kappa shape index (κ3) is 1.31. The summed E-state index contributed by atoms with van der Waals surface area (Å²) in [7, 11) is 2.23. The SMILES string of the molecule is CN1CCC2(C)CC(N)CC2(C)C1. The van der Waals surface area contributed by atoms with Gasteiger partial charge in [-0.2, -0.15) is 0 Å². The maximum Gasteiger partial charge on any atom is 0.00501 e. The van der Waals surface area contributed by atoms with Gasteiger partial charge < -0.3 is 10.6 Å². The van der Waals surface area contributed by atoms with Gasteiger partial charge in [0.05, 0.1) is 0 Å². The molecule has 0 amide bonds. The lowest BCUT2D eigenvalue weighted by atomic mass is 9.64. The van der Waals surface area contributed by atoms with E-state index in [-0.39, 0.29) is 0 Å². The van der Waals surface area contributed by atoms with Crippen LogP contribution in [0.5, 0.6) is 0 Å². The zero-order valence-corrected chi connectivity index (χ0v) is 9.14. The first-order valence-electron chi connectivity index (χ1n) is 5.39. The van der Waals surface area contributed by atoms with E-state index in [1.54, 1.807) is 0 Å². The Balaban J connectivity index is 2.24. The Bertz CT molecular complexity index is 216. The Labute approximate surface area is 81.5 Å². The molecule has 1 aliphatic carbocycles. The predicted octanol–water partition coefficient (Wildman–Crippen LogP) is 1.46. The van der Waals surface area contributed by atoms with Gasteiger partial charge in [-0.25, -0.2) is 0 Å². The van der Waals surface area contributed by atoms with Crippen molar-refractivity contribution in [3.05, 3.63) is 0 Å². The van der Waals surface area contributed by atoms with Gasteiger partial charge in [0, 0.05) is 12.6 Å². The zero-order valence-electron chi connectivity index (χ0n) is 9.14. The van der Waals surface area contributed by atoms with Crippen molar-refractivity contribution >= 4 is 0 Å². The summed E-state index contributed by atoms with van der Waals surface area (Å²) in [5.74, 6) is 0. The van der Waals surface area contributed by atoms with Crippen molar-refractivity contribution in [2.75, 3.05) is 20.1 Å². The predicted molar refractivity (Wildman–Crippen MR) is 55.5 cm³/mol. The molecule has 0 spiro atoms. The van der Waals surface area contributed by atoms with Crippen LogP contribution < -0.4 is 5.73 Å². The monoisotopic (exact) mass is 182 g/mol. The van der Waals surface area contributed by atoms with Crippen LogP contribution in [0.3, 0.4) is 0 Å². The summed E-state index contributed by atoms with van der Waals surface area (Å²) in [5, 5.41) is 0. The molecule has 0 radical (unpaired) electrons. The third-order valence-electron chi connectivity index (χ3n) is 4.55. The molecule has 76 valence electrons. The molecule has 2 aliphatic rings. The highest BCUT2D eigenvalue weighted by atomic mass is 15.1. The van der Waals surface area contributed by atoms with E-state index in [2.05, 4.69) is 25.8 Å². The molecule has 0 aromatic rings. The molecule has 0 aromatic carbocycles. The summed E-state index contributed by atoms with van der Waals surface area (Å²) in [6.07, 6.45) is 3.78. The normalized spacial score (nSPS) is 52.2. The molecular formula is C11H22N2. The topological polar surface area (TPSA) is 29.3 Å². The van der Waals surface area contributed by atoms with Crippen molar-refractivity contribution in [3.8, 4) is 0 Å². The van der Waals surface area contributed by atoms with Crippen LogP contribution in [-0.2, 0) is 0 Å². The fourth-order valence-electron chi connectivity index (χ4n) is 3.49. The summed E-state index contributed by atoms with van der Waals surface area (Å²) >= 11 is 0. The minimum Gasteiger partial charge on any atom is -0.328 e. The van der Waals surface area contributed by atoms with E-state index in [0.717, 1.165) is 0 Å². The van der Waals surface area contributed by atoms with Crippen LogP contribution >= 0.6 is 0 Å². The van der Waals surface area contributed by atoms with Gasteiger partial charge in [-0.3, -0.25) is 0 Å². The van der Waals surface area contributed by atoms with Crippen LogP contribution in [-0.4, -0.2) is 31.1 Å². The Kier molecular flexibility index (Phi) is 1.97. The lowest BCUT2D eigenvalue weighted by Crippen LogP contribution is -2.48. The lowest BCUT2D eigenvalue weighted by Gasteiger charge is -2.48. The van der Waals surface area contributed by atoms with E-state index in [1.165, 1.54) is 32.4 Å². The number of nitrogens with two attached hydrogens (primary N) is 1. The number of piperidine rings is 1. The Morgan fingerprint density at radius 1 is 1.23 bits per heavy atom. The molecule has 13 heavy (non-hydrogen) atoms. The van der Waals surface area contributed by atoms with Gasteiger partial charge in [-0.1, -0.05) is 13.8 Å². The number of hydrogen-bond donors (Lipinski definition) is 1. The molecule has 2 rings (SSSR count). The molecule has 1 aliphatic heterocycles. The van der Waals surface area contributed by atoms with Gasteiger partial charge in [-0.05, 0) is 43.7 Å². The summed E-state index contributed by atoms with van der Waals surface area (Å²) in [6.45, 7) is 7.35. The number of hydrogen-bond acceptors (Lipinski definition) is 2. The molecule has 0 bridgehead atoms. The molecule has 2 N–H and O–H groups in total. The van der Waals surface area contributed by atoms with Crippen LogP contribution in [0.15, 0.2) is 0 Å². The maximum absolute atomic E-state index is 6.09. The average Bonchev–Trinajstić information content (AvgIpc) is 2.19. The van der Waals surface area contributed by atoms with E-state index in [1.807, 2.05) is 0 Å². The first kappa shape index (κ1) is 9.47. The molecule has 2 heteroatoms. The zero-order chi connectivity index (χ0) is 9.69. The molecule has 3 unspecified atom stereocenters. The summed E-state index contributed by atoms with van der Waals surface area (Å²) in [5.41, 5.74) is 7.08. The summed E-state index contributed by atoms with van der Waals surface area (Å²) in [6, 6.07) is 0.446. The molecule has 1 saturated heterocycles. The molecule has 2 fully saturated rings. The van der Waals surface area contributed by atoms with Crippen LogP contribution in [0.25, 0.3) is 0 Å². The van der Waals surface area contributed by atoms with Gasteiger partial charge in [0.25, 0.3) is 0 Å². The number of fused-ring (bicyclic) bond motifs is 1. The van der Waals surface area contributed by atoms with E-state index in [4.69, 9.17) is 5.73 Å². The molecule has 1 saturated carbocycles. The van der Waals surface area contributed by atoms with Crippen molar-refractivity contribution in [1.29, 1.82) is 0 Å². The average molecular weight is 182 g/mol. The van der Waals surface area contributed by atoms with Gasteiger partial charge in [0.15, 0.2) is 0 Å². The second kappa shape index (κ2) is 2.71. The molecular weight excluding hydrogens is 160 g/mol. The highest BCUT2D eigenvalue weighted by Gasteiger charge is 2.53. The van der Waals surface area contributed by atoms with E-state index >= 15 is 0 Å². The quantitative estimate of drug-likeness (QED) is 0.614. The van der Waals surface area contributed by atoms with Gasteiger partial charge in [0.1, 0.15) is 0 Å². The van der Waals surface area contributed by atoms with Crippen LogP contribution in [0.1, 0.15) is 33.1 Å². The smallest absolute Gasteiger partial charge is 0.00501 e. The molecule has 1 heterocycles. The van der Waals surface area contributed by atoms with Crippen LogP contribution in [0.4, 0.5) is 0 Å². The second-order valence-electron chi connectivity index (χ2n) is 5.78. The number of rotatable bonds is 0. The Morgan fingerprint density at radius 2 is 1.85 bits per heavy atom. The first-order chi connectivity index (χ1) is 5.95. The number of likely N-dealkylation sites (tertiary alicyclic amines) is 1. The van der Waals surface area contributed by atoms with Crippen molar-refractivity contribution in [1.82, 2.24) is 4.90 Å². The van der Waals surface area contributed by atoms with Crippen LogP contribution in [0, 0.1) is 10.8 Å². The number of nitrogens with zero attached hydrogens (tertiary/aromatic N) is 1. The minimum absolute atomic E-state index is 0.446. The fourth-order valence-corrected chi connectivity index (χ4v) is 3.49. The van der Waals surface area contributed by atoms with E-state index in [9.17, 15) is 0 Å². The van der Waals surface area contributed by atoms with Crippen molar-refractivity contribution in [2.45, 2.75) is 39.2 Å². The standard InChI is InChI=1S/C11H22N2/c1-10-4-5-13(3)8-11(10,2)7-9(12)6-10/h9H,4-8,12H2,1-3H3. The van der Waals surface area contributed by atoms with Crippen molar-refractivity contribution in [2.24, 2.45) is 16.6 Å². The summed E-state index contributed by atoms with van der Waals surface area (Å²) < 4.78 is 0. The second-order valence-corrected chi connectivity index (χ2v) is 5.78. The van der Waals surface area contributed by atoms with Gasteiger partial charge in [-0.15, -0.1) is 0 Å². The highest BCUT2D eigenvalue weighted by Crippen LogP contribution is 2.56. The fraction of sp³-hybridized carbons (Fsp3) is 1.00. The van der Waals surface area contributed by atoms with Crippen LogP contribution in [0.2, 0.25) is 0 Å². The lowest BCUT2D eigenvalue weighted by molar-refractivity contribution is 0.00683. The van der Waals surface area contributed by atoms with Crippen molar-refractivity contribution in [3.63, 3.8) is 0 Å². The van der Waals surface area contributed by atoms with E-state index < -0.39 is 0 Å². The summed E-state index contributed by atoms with van der Waals surface area (Å²) in [4.78, 5) is 2.46. The maximum atomic E-state index is 6.09. The third-order valence-corrected chi connectivity index (χ3v) is 4.55. The largest absolute Gasteiger partial charge is 0.328 e. The van der Waals surface area contributed by atoms with Crippen molar-refractivity contribution < 1.29 is 0 Å². The molecule has 2 nitrogen and oxygen atoms in total. The highest BCUT2D eigenvalue weighted by molar-refractivity contribution is 5.06. The first-order valence-corrected chi connectivity index (χ1v) is 5.39. The Hall–Kier alpha value is -0.0800. The molecule has 0 aromatic heterocycles.